The van der Waals surface area contributed by atoms with Crippen LogP contribution in [-0.2, 0) is 6.54 Å². The van der Waals surface area contributed by atoms with E-state index in [2.05, 4.69) is 37.9 Å². The number of aryl methyl sites for hydroxylation is 2. The molecule has 0 amide bonds. The predicted octanol–water partition coefficient (Wildman–Crippen LogP) is 2.98. The number of nitrogens with zero attached hydrogens (tertiary/aromatic N) is 3. The monoisotopic (exact) mass is 277 g/mol. The number of thiazole rings is 1. The first-order valence-corrected chi connectivity index (χ1v) is 7.29. The van der Waals surface area contributed by atoms with Crippen LogP contribution in [-0.4, -0.2) is 21.5 Å². The minimum absolute atomic E-state index is 0.671. The third-order valence-electron chi connectivity index (χ3n) is 2.61. The molecule has 0 aromatic carbocycles. The molecule has 0 radical (unpaired) electrons. The fraction of sp³-hybridized carbons (Fsp3) is 0.462. The highest BCUT2D eigenvalue weighted by Crippen LogP contribution is 2.15. The maximum absolute atomic E-state index is 4.47. The summed E-state index contributed by atoms with van der Waals surface area (Å²) < 4.78 is 0. The Morgan fingerprint density at radius 2 is 2.05 bits per heavy atom. The summed E-state index contributed by atoms with van der Waals surface area (Å²) in [5.41, 5.74) is 2.08. The molecule has 0 aliphatic rings. The standard InChI is InChI=1S/C13H19N5S/c1-4-5-14-13-16-6-9(2)12(18-13)15-7-11-8-19-10(3)17-11/h6,8H,4-5,7H2,1-3H3,(H2,14,15,16,18). The molecule has 0 aliphatic carbocycles. The number of aromatic nitrogens is 3. The fourth-order valence-corrected chi connectivity index (χ4v) is 2.22. The third-order valence-corrected chi connectivity index (χ3v) is 3.43. The smallest absolute Gasteiger partial charge is 0.224 e. The van der Waals surface area contributed by atoms with Crippen molar-refractivity contribution in [3.8, 4) is 0 Å². The first-order chi connectivity index (χ1) is 9.19. The van der Waals surface area contributed by atoms with Crippen molar-refractivity contribution in [2.24, 2.45) is 0 Å². The van der Waals surface area contributed by atoms with E-state index in [4.69, 9.17) is 0 Å². The average Bonchev–Trinajstić information content (AvgIpc) is 2.82. The number of nitrogens with one attached hydrogen (secondary N) is 2. The SMILES string of the molecule is CCCNc1ncc(C)c(NCc2csc(C)n2)n1. The quantitative estimate of drug-likeness (QED) is 0.850. The summed E-state index contributed by atoms with van der Waals surface area (Å²) >= 11 is 1.66. The highest BCUT2D eigenvalue weighted by Gasteiger charge is 2.04. The van der Waals surface area contributed by atoms with Crippen molar-refractivity contribution in [3.63, 3.8) is 0 Å². The minimum Gasteiger partial charge on any atom is -0.364 e. The zero-order valence-corrected chi connectivity index (χ0v) is 12.3. The summed E-state index contributed by atoms with van der Waals surface area (Å²) in [5, 5.41) is 9.65. The molecule has 0 aliphatic heterocycles. The number of anilines is 2. The molecule has 0 bridgehead atoms. The Morgan fingerprint density at radius 1 is 1.21 bits per heavy atom. The lowest BCUT2D eigenvalue weighted by Crippen LogP contribution is -2.09. The highest BCUT2D eigenvalue weighted by atomic mass is 32.1. The number of hydrogen-bond donors (Lipinski definition) is 2. The van der Waals surface area contributed by atoms with Gasteiger partial charge in [-0.05, 0) is 20.3 Å². The van der Waals surface area contributed by atoms with Crippen molar-refractivity contribution in [2.75, 3.05) is 17.2 Å². The molecule has 2 heterocycles. The predicted molar refractivity (Wildman–Crippen MR) is 79.7 cm³/mol. The van der Waals surface area contributed by atoms with Gasteiger partial charge in [0.1, 0.15) is 5.82 Å². The zero-order chi connectivity index (χ0) is 13.7. The van der Waals surface area contributed by atoms with E-state index in [0.29, 0.717) is 12.5 Å². The molecule has 2 rings (SSSR count). The molecule has 0 saturated heterocycles. The van der Waals surface area contributed by atoms with Crippen LogP contribution < -0.4 is 10.6 Å². The van der Waals surface area contributed by atoms with Gasteiger partial charge in [-0.1, -0.05) is 6.92 Å². The number of rotatable bonds is 6. The first-order valence-electron chi connectivity index (χ1n) is 6.41. The Hall–Kier alpha value is -1.69. The van der Waals surface area contributed by atoms with Gasteiger partial charge < -0.3 is 10.6 Å². The Balaban J connectivity index is 2.02. The van der Waals surface area contributed by atoms with Crippen molar-refractivity contribution >= 4 is 23.1 Å². The van der Waals surface area contributed by atoms with E-state index >= 15 is 0 Å². The third kappa shape index (κ3) is 3.89. The van der Waals surface area contributed by atoms with E-state index in [-0.39, 0.29) is 0 Å². The molecule has 0 fully saturated rings. The van der Waals surface area contributed by atoms with Crippen LogP contribution in [0, 0.1) is 13.8 Å². The summed E-state index contributed by atoms with van der Waals surface area (Å²) in [6.45, 7) is 7.70. The second-order valence-corrected chi connectivity index (χ2v) is 5.43. The van der Waals surface area contributed by atoms with Crippen molar-refractivity contribution in [1.82, 2.24) is 15.0 Å². The van der Waals surface area contributed by atoms with Gasteiger partial charge in [0.15, 0.2) is 0 Å². The van der Waals surface area contributed by atoms with Gasteiger partial charge in [-0.3, -0.25) is 0 Å². The van der Waals surface area contributed by atoms with Gasteiger partial charge >= 0.3 is 0 Å². The summed E-state index contributed by atoms with van der Waals surface area (Å²) in [5.74, 6) is 1.53. The Bertz CT molecular complexity index is 538. The van der Waals surface area contributed by atoms with Crippen molar-refractivity contribution in [3.05, 3.63) is 27.8 Å². The van der Waals surface area contributed by atoms with Gasteiger partial charge in [-0.25, -0.2) is 9.97 Å². The second-order valence-electron chi connectivity index (χ2n) is 4.36. The molecule has 0 unspecified atom stereocenters. The lowest BCUT2D eigenvalue weighted by atomic mass is 10.3. The molecule has 2 aromatic rings. The maximum atomic E-state index is 4.47. The molecule has 2 aromatic heterocycles. The molecule has 6 heteroatoms. The van der Waals surface area contributed by atoms with E-state index in [9.17, 15) is 0 Å². The van der Waals surface area contributed by atoms with Gasteiger partial charge in [0.2, 0.25) is 5.95 Å². The number of hydrogen-bond acceptors (Lipinski definition) is 6. The van der Waals surface area contributed by atoms with E-state index in [0.717, 1.165) is 35.0 Å². The summed E-state index contributed by atoms with van der Waals surface area (Å²) in [4.78, 5) is 13.2. The van der Waals surface area contributed by atoms with Gasteiger partial charge in [0.25, 0.3) is 0 Å². The van der Waals surface area contributed by atoms with Gasteiger partial charge in [0, 0.05) is 23.7 Å². The Kier molecular flexibility index (Phi) is 4.68. The van der Waals surface area contributed by atoms with Gasteiger partial charge in [-0.2, -0.15) is 4.98 Å². The van der Waals surface area contributed by atoms with Crippen LogP contribution in [0.25, 0.3) is 0 Å². The minimum atomic E-state index is 0.671. The summed E-state index contributed by atoms with van der Waals surface area (Å²) in [7, 11) is 0. The topological polar surface area (TPSA) is 62.7 Å². The van der Waals surface area contributed by atoms with Crippen LogP contribution in [0.3, 0.4) is 0 Å². The lowest BCUT2D eigenvalue weighted by Gasteiger charge is -2.09. The molecular weight excluding hydrogens is 258 g/mol. The summed E-state index contributed by atoms with van der Waals surface area (Å²) in [6.07, 6.45) is 2.89. The van der Waals surface area contributed by atoms with E-state index in [1.807, 2.05) is 20.0 Å². The van der Waals surface area contributed by atoms with Gasteiger partial charge in [0.05, 0.1) is 17.2 Å². The normalized spacial score (nSPS) is 10.5. The van der Waals surface area contributed by atoms with Crippen LogP contribution in [0.15, 0.2) is 11.6 Å². The molecule has 0 atom stereocenters. The molecule has 0 saturated carbocycles. The van der Waals surface area contributed by atoms with Crippen LogP contribution in [0.4, 0.5) is 11.8 Å². The summed E-state index contributed by atoms with van der Waals surface area (Å²) in [6, 6.07) is 0. The van der Waals surface area contributed by atoms with Crippen molar-refractivity contribution in [2.45, 2.75) is 33.7 Å². The molecule has 102 valence electrons. The fourth-order valence-electron chi connectivity index (χ4n) is 1.61. The largest absolute Gasteiger partial charge is 0.364 e. The lowest BCUT2D eigenvalue weighted by molar-refractivity contribution is 0.944. The molecular formula is C13H19N5S. The van der Waals surface area contributed by atoms with E-state index in [1.54, 1.807) is 11.3 Å². The Labute approximate surface area is 117 Å². The second kappa shape index (κ2) is 6.47. The zero-order valence-electron chi connectivity index (χ0n) is 11.5. The average molecular weight is 277 g/mol. The van der Waals surface area contributed by atoms with Crippen molar-refractivity contribution < 1.29 is 0 Å². The van der Waals surface area contributed by atoms with Crippen LogP contribution in [0.1, 0.15) is 29.6 Å². The van der Waals surface area contributed by atoms with Crippen molar-refractivity contribution in [1.29, 1.82) is 0 Å². The molecule has 0 spiro atoms. The molecule has 19 heavy (non-hydrogen) atoms. The van der Waals surface area contributed by atoms with Crippen LogP contribution >= 0.6 is 11.3 Å². The molecule has 2 N–H and O–H groups in total. The van der Waals surface area contributed by atoms with E-state index in [1.165, 1.54) is 0 Å². The van der Waals surface area contributed by atoms with E-state index < -0.39 is 0 Å². The van der Waals surface area contributed by atoms with Gasteiger partial charge in [-0.15, -0.1) is 11.3 Å². The van der Waals surface area contributed by atoms with Crippen LogP contribution in [0.2, 0.25) is 0 Å². The Morgan fingerprint density at radius 3 is 2.74 bits per heavy atom. The maximum Gasteiger partial charge on any atom is 0.224 e. The first kappa shape index (κ1) is 13.7. The van der Waals surface area contributed by atoms with Crippen LogP contribution in [0.5, 0.6) is 0 Å². The molecule has 5 nitrogen and oxygen atoms in total. The highest BCUT2D eigenvalue weighted by molar-refractivity contribution is 7.09.